The van der Waals surface area contributed by atoms with Gasteiger partial charge < -0.3 is 19.9 Å². The number of hydrogen-bond acceptors (Lipinski definition) is 4. The van der Waals surface area contributed by atoms with Gasteiger partial charge in [0.1, 0.15) is 0 Å². The third-order valence-corrected chi connectivity index (χ3v) is 2.95. The van der Waals surface area contributed by atoms with E-state index in [1.165, 1.54) is 0 Å². The van der Waals surface area contributed by atoms with Crippen LogP contribution in [-0.2, 0) is 6.54 Å². The fourth-order valence-electron chi connectivity index (χ4n) is 1.82. The Morgan fingerprint density at radius 2 is 2.05 bits per heavy atom. The van der Waals surface area contributed by atoms with Gasteiger partial charge in [-0.1, -0.05) is 11.6 Å². The highest BCUT2D eigenvalue weighted by molar-refractivity contribution is 6.30. The van der Waals surface area contributed by atoms with Gasteiger partial charge in [-0.3, -0.25) is 0 Å². The maximum absolute atomic E-state index is 8.73. The molecule has 0 saturated heterocycles. The summed E-state index contributed by atoms with van der Waals surface area (Å²) >= 11 is 6.05. The highest BCUT2D eigenvalue weighted by Gasteiger charge is 2.12. The molecule has 5 heteroatoms. The maximum atomic E-state index is 8.73. The summed E-state index contributed by atoms with van der Waals surface area (Å²) in [5.41, 5.74) is 0.981. The lowest BCUT2D eigenvalue weighted by atomic mass is 10.2. The van der Waals surface area contributed by atoms with Crippen molar-refractivity contribution < 1.29 is 14.6 Å². The van der Waals surface area contributed by atoms with Crippen LogP contribution in [0.4, 0.5) is 0 Å². The standard InChI is InChI=1S/C14H22ClNO3/c1-16-10-11-8-12(15)9-13(18-2)14(11)19-7-5-3-4-6-17/h8-9,16-17H,3-7,10H2,1-2H3. The molecule has 0 bridgehead atoms. The molecule has 1 aromatic carbocycles. The summed E-state index contributed by atoms with van der Waals surface area (Å²) in [7, 11) is 3.48. The molecule has 2 N–H and O–H groups in total. The molecular formula is C14H22ClNO3. The third-order valence-electron chi connectivity index (χ3n) is 2.73. The first-order valence-corrected chi connectivity index (χ1v) is 6.85. The second-order valence-corrected chi connectivity index (χ2v) is 4.70. The van der Waals surface area contributed by atoms with Gasteiger partial charge in [0.05, 0.1) is 13.7 Å². The number of hydrogen-bond donors (Lipinski definition) is 2. The van der Waals surface area contributed by atoms with Crippen LogP contribution in [0.1, 0.15) is 24.8 Å². The van der Waals surface area contributed by atoms with Crippen LogP contribution in [0.25, 0.3) is 0 Å². The van der Waals surface area contributed by atoms with Crippen LogP contribution < -0.4 is 14.8 Å². The van der Waals surface area contributed by atoms with Gasteiger partial charge in [0.15, 0.2) is 11.5 Å². The molecule has 0 aliphatic rings. The average molecular weight is 288 g/mol. The zero-order valence-corrected chi connectivity index (χ0v) is 12.3. The number of aliphatic hydroxyl groups excluding tert-OH is 1. The molecule has 0 spiro atoms. The van der Waals surface area contributed by atoms with Crippen molar-refractivity contribution in [2.75, 3.05) is 27.4 Å². The number of benzene rings is 1. The van der Waals surface area contributed by atoms with Gasteiger partial charge in [-0.05, 0) is 32.4 Å². The Morgan fingerprint density at radius 1 is 1.26 bits per heavy atom. The van der Waals surface area contributed by atoms with E-state index in [2.05, 4.69) is 5.32 Å². The van der Waals surface area contributed by atoms with Crippen LogP contribution in [0.3, 0.4) is 0 Å². The van der Waals surface area contributed by atoms with E-state index in [0.29, 0.717) is 23.9 Å². The molecule has 1 aromatic rings. The van der Waals surface area contributed by atoms with E-state index in [4.69, 9.17) is 26.2 Å². The molecular weight excluding hydrogens is 266 g/mol. The third kappa shape index (κ3) is 5.27. The molecule has 0 aromatic heterocycles. The van der Waals surface area contributed by atoms with Crippen LogP contribution in [-0.4, -0.2) is 32.5 Å². The van der Waals surface area contributed by atoms with Crippen molar-refractivity contribution in [1.82, 2.24) is 5.32 Å². The van der Waals surface area contributed by atoms with Gasteiger partial charge in [-0.2, -0.15) is 0 Å². The normalized spacial score (nSPS) is 10.5. The van der Waals surface area contributed by atoms with Crippen molar-refractivity contribution in [2.24, 2.45) is 0 Å². The molecule has 0 amide bonds. The number of aliphatic hydroxyl groups is 1. The Kier molecular flexibility index (Phi) is 7.63. The summed E-state index contributed by atoms with van der Waals surface area (Å²) in [5, 5.41) is 12.4. The summed E-state index contributed by atoms with van der Waals surface area (Å²) in [6, 6.07) is 3.63. The molecule has 0 saturated carbocycles. The molecule has 19 heavy (non-hydrogen) atoms. The molecule has 4 nitrogen and oxygen atoms in total. The Hall–Kier alpha value is -0.970. The second-order valence-electron chi connectivity index (χ2n) is 4.26. The highest BCUT2D eigenvalue weighted by atomic mass is 35.5. The molecule has 108 valence electrons. The van der Waals surface area contributed by atoms with Crippen molar-refractivity contribution in [2.45, 2.75) is 25.8 Å². The second kappa shape index (κ2) is 9.02. The lowest BCUT2D eigenvalue weighted by molar-refractivity contribution is 0.259. The van der Waals surface area contributed by atoms with Gasteiger partial charge in [0, 0.05) is 29.8 Å². The molecule has 1 rings (SSSR count). The maximum Gasteiger partial charge on any atom is 0.165 e. The van der Waals surface area contributed by atoms with E-state index in [1.807, 2.05) is 13.1 Å². The first-order valence-electron chi connectivity index (χ1n) is 6.47. The molecule has 0 aliphatic heterocycles. The summed E-state index contributed by atoms with van der Waals surface area (Å²) in [6.45, 7) is 1.51. The largest absolute Gasteiger partial charge is 0.493 e. The molecule has 0 atom stereocenters. The molecule has 0 aliphatic carbocycles. The van der Waals surface area contributed by atoms with Crippen molar-refractivity contribution in [1.29, 1.82) is 0 Å². The topological polar surface area (TPSA) is 50.7 Å². The van der Waals surface area contributed by atoms with E-state index < -0.39 is 0 Å². The SMILES string of the molecule is CNCc1cc(Cl)cc(OC)c1OCCCCCO. The number of halogens is 1. The van der Waals surface area contributed by atoms with Gasteiger partial charge in [-0.25, -0.2) is 0 Å². The van der Waals surface area contributed by atoms with Gasteiger partial charge >= 0.3 is 0 Å². The Balaban J connectivity index is 2.72. The van der Waals surface area contributed by atoms with E-state index >= 15 is 0 Å². The Bertz CT molecular complexity index is 385. The van der Waals surface area contributed by atoms with Crippen LogP contribution in [0.5, 0.6) is 11.5 Å². The number of ether oxygens (including phenoxy) is 2. The number of nitrogens with one attached hydrogen (secondary N) is 1. The van der Waals surface area contributed by atoms with Crippen LogP contribution in [0, 0.1) is 0 Å². The van der Waals surface area contributed by atoms with Gasteiger partial charge in [0.2, 0.25) is 0 Å². The van der Waals surface area contributed by atoms with Gasteiger partial charge in [-0.15, -0.1) is 0 Å². The van der Waals surface area contributed by atoms with E-state index in [1.54, 1.807) is 13.2 Å². The van der Waals surface area contributed by atoms with E-state index in [0.717, 1.165) is 30.6 Å². The zero-order chi connectivity index (χ0) is 14.1. The minimum atomic E-state index is 0.231. The zero-order valence-electron chi connectivity index (χ0n) is 11.5. The smallest absolute Gasteiger partial charge is 0.165 e. The predicted octanol–water partition coefficient (Wildman–Crippen LogP) is 2.61. The van der Waals surface area contributed by atoms with Crippen molar-refractivity contribution in [3.8, 4) is 11.5 Å². The van der Waals surface area contributed by atoms with Crippen LogP contribution in [0.2, 0.25) is 5.02 Å². The lowest BCUT2D eigenvalue weighted by Gasteiger charge is -2.15. The Labute approximate surface area is 119 Å². The molecule has 0 radical (unpaired) electrons. The first-order chi connectivity index (χ1) is 9.22. The van der Waals surface area contributed by atoms with Crippen molar-refractivity contribution in [3.63, 3.8) is 0 Å². The Morgan fingerprint density at radius 3 is 2.68 bits per heavy atom. The monoisotopic (exact) mass is 287 g/mol. The summed E-state index contributed by atoms with van der Waals surface area (Å²) < 4.78 is 11.1. The average Bonchev–Trinajstić information content (AvgIpc) is 2.40. The highest BCUT2D eigenvalue weighted by Crippen LogP contribution is 2.34. The van der Waals surface area contributed by atoms with Crippen LogP contribution in [0.15, 0.2) is 12.1 Å². The quantitative estimate of drug-likeness (QED) is 0.686. The molecule has 0 fully saturated rings. The summed E-state index contributed by atoms with van der Waals surface area (Å²) in [4.78, 5) is 0. The predicted molar refractivity (Wildman–Crippen MR) is 77.2 cm³/mol. The minimum absolute atomic E-state index is 0.231. The minimum Gasteiger partial charge on any atom is -0.493 e. The van der Waals surface area contributed by atoms with Gasteiger partial charge in [0.25, 0.3) is 0 Å². The number of unbranched alkanes of at least 4 members (excludes halogenated alkanes) is 2. The van der Waals surface area contributed by atoms with Crippen molar-refractivity contribution >= 4 is 11.6 Å². The summed E-state index contributed by atoms with van der Waals surface area (Å²) in [5.74, 6) is 1.39. The summed E-state index contributed by atoms with van der Waals surface area (Å²) in [6.07, 6.45) is 2.67. The lowest BCUT2D eigenvalue weighted by Crippen LogP contribution is -2.09. The van der Waals surface area contributed by atoms with E-state index in [9.17, 15) is 0 Å². The molecule has 0 heterocycles. The molecule has 0 unspecified atom stereocenters. The first kappa shape index (κ1) is 16.1. The van der Waals surface area contributed by atoms with Crippen LogP contribution >= 0.6 is 11.6 Å². The number of rotatable bonds is 9. The fourth-order valence-corrected chi connectivity index (χ4v) is 2.06. The van der Waals surface area contributed by atoms with Crippen molar-refractivity contribution in [3.05, 3.63) is 22.7 Å². The number of methoxy groups -OCH3 is 1. The fraction of sp³-hybridized carbons (Fsp3) is 0.571. The van der Waals surface area contributed by atoms with E-state index in [-0.39, 0.29) is 6.61 Å².